The van der Waals surface area contributed by atoms with E-state index in [1.807, 2.05) is 31.7 Å². The molecule has 0 saturated heterocycles. The zero-order chi connectivity index (χ0) is 14.4. The van der Waals surface area contributed by atoms with Crippen molar-refractivity contribution >= 4 is 23.6 Å². The number of carbonyl (C=O) groups is 2. The number of rotatable bonds is 7. The highest BCUT2D eigenvalue weighted by Gasteiger charge is 2.21. The predicted molar refractivity (Wildman–Crippen MR) is 75.4 cm³/mol. The molecule has 0 fully saturated rings. The van der Waals surface area contributed by atoms with Crippen LogP contribution in [0.3, 0.4) is 0 Å². The fourth-order valence-electron chi connectivity index (χ4n) is 1.67. The van der Waals surface area contributed by atoms with Crippen LogP contribution >= 0.6 is 11.8 Å². The molecule has 6 nitrogen and oxygen atoms in total. The van der Waals surface area contributed by atoms with E-state index in [1.165, 1.54) is 11.8 Å². The number of aryl methyl sites for hydroxylation is 1. The molecule has 1 rings (SSSR count). The number of carbonyl (C=O) groups excluding carboxylic acids is 2. The van der Waals surface area contributed by atoms with Crippen molar-refractivity contribution in [2.45, 2.75) is 19.9 Å². The summed E-state index contributed by atoms with van der Waals surface area (Å²) in [5, 5.41) is 2.94. The summed E-state index contributed by atoms with van der Waals surface area (Å²) in [6.07, 6.45) is 3.55. The van der Waals surface area contributed by atoms with Crippen LogP contribution < -0.4 is 11.1 Å². The van der Waals surface area contributed by atoms with Crippen LogP contribution in [0.4, 0.5) is 0 Å². The van der Waals surface area contributed by atoms with Crippen LogP contribution in [0.1, 0.15) is 25.7 Å². The zero-order valence-corrected chi connectivity index (χ0v) is 12.2. The van der Waals surface area contributed by atoms with Gasteiger partial charge in [-0.25, -0.2) is 4.98 Å². The largest absolute Gasteiger partial charge is 0.369 e. The van der Waals surface area contributed by atoms with E-state index in [1.54, 1.807) is 6.20 Å². The number of nitrogens with one attached hydrogen (secondary N) is 1. The predicted octanol–water partition coefficient (Wildman–Crippen LogP) is 0.452. The van der Waals surface area contributed by atoms with Crippen LogP contribution in [-0.4, -0.2) is 32.9 Å². The molecule has 1 atom stereocenters. The summed E-state index contributed by atoms with van der Waals surface area (Å²) in [4.78, 5) is 26.7. The van der Waals surface area contributed by atoms with Crippen molar-refractivity contribution in [3.05, 3.63) is 18.2 Å². The third-order valence-electron chi connectivity index (χ3n) is 2.60. The minimum absolute atomic E-state index is 0.118. The number of primary amides is 1. The summed E-state index contributed by atoms with van der Waals surface area (Å²) < 4.78 is 1.89. The Balaban J connectivity index is 2.58. The SMILES string of the molecule is CC(C)[C@H](NC(=O)CSCC(N)=O)c1nccn1C. The van der Waals surface area contributed by atoms with Gasteiger partial charge in [-0.15, -0.1) is 11.8 Å². The van der Waals surface area contributed by atoms with Crippen molar-refractivity contribution in [2.24, 2.45) is 18.7 Å². The summed E-state index contributed by atoms with van der Waals surface area (Å²) >= 11 is 1.21. The van der Waals surface area contributed by atoms with Crippen LogP contribution in [-0.2, 0) is 16.6 Å². The molecule has 3 N–H and O–H groups in total. The molecule has 0 unspecified atom stereocenters. The Morgan fingerprint density at radius 2 is 2.16 bits per heavy atom. The van der Waals surface area contributed by atoms with E-state index in [9.17, 15) is 9.59 Å². The number of nitrogens with two attached hydrogens (primary N) is 1. The number of nitrogens with zero attached hydrogens (tertiary/aromatic N) is 2. The topological polar surface area (TPSA) is 90.0 Å². The fourth-order valence-corrected chi connectivity index (χ4v) is 2.24. The molecule has 1 aromatic rings. The van der Waals surface area contributed by atoms with Crippen molar-refractivity contribution < 1.29 is 9.59 Å². The molecule has 0 bridgehead atoms. The molecule has 0 spiro atoms. The van der Waals surface area contributed by atoms with Crippen molar-refractivity contribution in [1.29, 1.82) is 0 Å². The minimum atomic E-state index is -0.415. The van der Waals surface area contributed by atoms with E-state index in [0.29, 0.717) is 0 Å². The summed E-state index contributed by atoms with van der Waals surface area (Å²) in [6, 6.07) is -0.137. The van der Waals surface area contributed by atoms with Gasteiger partial charge >= 0.3 is 0 Å². The van der Waals surface area contributed by atoms with Crippen LogP contribution in [0, 0.1) is 5.92 Å². The molecule has 1 aromatic heterocycles. The van der Waals surface area contributed by atoms with E-state index in [4.69, 9.17) is 5.73 Å². The average molecular weight is 284 g/mol. The normalized spacial score (nSPS) is 12.4. The third-order valence-corrected chi connectivity index (χ3v) is 3.55. The fraction of sp³-hybridized carbons (Fsp3) is 0.583. The highest BCUT2D eigenvalue weighted by Crippen LogP contribution is 2.19. The molecule has 2 amide bonds. The third kappa shape index (κ3) is 4.94. The van der Waals surface area contributed by atoms with E-state index < -0.39 is 5.91 Å². The first-order valence-electron chi connectivity index (χ1n) is 6.04. The smallest absolute Gasteiger partial charge is 0.230 e. The van der Waals surface area contributed by atoms with Gasteiger partial charge in [-0.05, 0) is 5.92 Å². The maximum absolute atomic E-state index is 11.8. The second-order valence-electron chi connectivity index (χ2n) is 4.64. The molecule has 106 valence electrons. The van der Waals surface area contributed by atoms with Gasteiger partial charge in [0, 0.05) is 19.4 Å². The molecule has 0 aliphatic carbocycles. The highest BCUT2D eigenvalue weighted by molar-refractivity contribution is 8.00. The number of imidazole rings is 1. The molecule has 0 aromatic carbocycles. The second kappa shape index (κ2) is 7.18. The van der Waals surface area contributed by atoms with Crippen molar-refractivity contribution in [2.75, 3.05) is 11.5 Å². The van der Waals surface area contributed by atoms with Gasteiger partial charge < -0.3 is 15.6 Å². The minimum Gasteiger partial charge on any atom is -0.369 e. The van der Waals surface area contributed by atoms with Gasteiger partial charge in [0.25, 0.3) is 0 Å². The molecule has 7 heteroatoms. The van der Waals surface area contributed by atoms with Gasteiger partial charge in [-0.1, -0.05) is 13.8 Å². The quantitative estimate of drug-likeness (QED) is 0.761. The highest BCUT2D eigenvalue weighted by atomic mass is 32.2. The standard InChI is InChI=1S/C12H20N4O2S/c1-8(2)11(12-14-4-5-16(12)3)15-10(18)7-19-6-9(13)17/h4-5,8,11H,6-7H2,1-3H3,(H2,13,17)(H,15,18)/t11-/m0/s1. The first-order chi connectivity index (χ1) is 8.91. The van der Waals surface area contributed by atoms with E-state index in [0.717, 1.165) is 5.82 Å². The Morgan fingerprint density at radius 3 is 2.63 bits per heavy atom. The molecule has 0 aliphatic heterocycles. The summed E-state index contributed by atoms with van der Waals surface area (Å²) in [6.45, 7) is 4.05. The van der Waals surface area contributed by atoms with Crippen LogP contribution in [0.5, 0.6) is 0 Å². The first kappa shape index (κ1) is 15.6. The Labute approximate surface area is 117 Å². The summed E-state index contributed by atoms with van der Waals surface area (Å²) in [7, 11) is 1.89. The maximum Gasteiger partial charge on any atom is 0.230 e. The van der Waals surface area contributed by atoms with Crippen LogP contribution in [0.2, 0.25) is 0 Å². The van der Waals surface area contributed by atoms with Crippen molar-refractivity contribution in [3.63, 3.8) is 0 Å². The van der Waals surface area contributed by atoms with Crippen molar-refractivity contribution in [1.82, 2.24) is 14.9 Å². The van der Waals surface area contributed by atoms with Crippen LogP contribution in [0.15, 0.2) is 12.4 Å². The maximum atomic E-state index is 11.8. The van der Waals surface area contributed by atoms with Gasteiger partial charge in [0.2, 0.25) is 11.8 Å². The molecule has 19 heavy (non-hydrogen) atoms. The van der Waals surface area contributed by atoms with E-state index in [-0.39, 0.29) is 29.4 Å². The first-order valence-corrected chi connectivity index (χ1v) is 7.20. The summed E-state index contributed by atoms with van der Waals surface area (Å²) in [5.41, 5.74) is 5.02. The lowest BCUT2D eigenvalue weighted by Crippen LogP contribution is -2.34. The van der Waals surface area contributed by atoms with Gasteiger partial charge in [0.1, 0.15) is 5.82 Å². The van der Waals surface area contributed by atoms with Gasteiger partial charge in [-0.3, -0.25) is 9.59 Å². The molecular weight excluding hydrogens is 264 g/mol. The number of aromatic nitrogens is 2. The lowest BCUT2D eigenvalue weighted by atomic mass is 10.0. The Bertz CT molecular complexity index is 445. The Morgan fingerprint density at radius 1 is 1.47 bits per heavy atom. The van der Waals surface area contributed by atoms with E-state index >= 15 is 0 Å². The van der Waals surface area contributed by atoms with Crippen molar-refractivity contribution in [3.8, 4) is 0 Å². The lowest BCUT2D eigenvalue weighted by Gasteiger charge is -2.22. The zero-order valence-electron chi connectivity index (χ0n) is 11.4. The number of hydrogen-bond donors (Lipinski definition) is 2. The molecule has 0 aliphatic rings. The Hall–Kier alpha value is -1.50. The monoisotopic (exact) mass is 284 g/mol. The number of thioether (sulfide) groups is 1. The second-order valence-corrected chi connectivity index (χ2v) is 5.63. The van der Waals surface area contributed by atoms with E-state index in [2.05, 4.69) is 10.3 Å². The van der Waals surface area contributed by atoms with Crippen LogP contribution in [0.25, 0.3) is 0 Å². The molecule has 0 radical (unpaired) electrons. The van der Waals surface area contributed by atoms with Gasteiger partial charge in [-0.2, -0.15) is 0 Å². The Kier molecular flexibility index (Phi) is 5.88. The van der Waals surface area contributed by atoms with Gasteiger partial charge in [0.15, 0.2) is 0 Å². The molecular formula is C12H20N4O2S. The summed E-state index contributed by atoms with van der Waals surface area (Å²) in [5.74, 6) is 0.892. The molecule has 0 saturated carbocycles. The lowest BCUT2D eigenvalue weighted by molar-refractivity contribution is -0.119. The molecule has 1 heterocycles. The number of hydrogen-bond acceptors (Lipinski definition) is 4. The average Bonchev–Trinajstić information content (AvgIpc) is 2.71. The number of amides is 2. The van der Waals surface area contributed by atoms with Gasteiger partial charge in [0.05, 0.1) is 17.5 Å².